The lowest BCUT2D eigenvalue weighted by Gasteiger charge is -2.23. The van der Waals surface area contributed by atoms with Crippen LogP contribution in [0.1, 0.15) is 10.6 Å². The van der Waals surface area contributed by atoms with E-state index in [1.54, 1.807) is 6.92 Å². The fourth-order valence-electron chi connectivity index (χ4n) is 2.41. The summed E-state index contributed by atoms with van der Waals surface area (Å²) in [4.78, 5) is 0.710. The van der Waals surface area contributed by atoms with E-state index in [0.717, 1.165) is 17.4 Å². The summed E-state index contributed by atoms with van der Waals surface area (Å²) in [5.74, 6) is -1.23. The molecule has 3 rings (SSSR count). The third kappa shape index (κ3) is 4.26. The van der Waals surface area contributed by atoms with E-state index in [1.807, 2.05) is 0 Å². The molecule has 1 atom stereocenters. The van der Waals surface area contributed by atoms with Crippen LogP contribution >= 0.6 is 11.3 Å². The highest BCUT2D eigenvalue weighted by Crippen LogP contribution is 2.36. The molecule has 7 nitrogen and oxygen atoms in total. The fourth-order valence-corrected chi connectivity index (χ4v) is 5.02. The minimum absolute atomic E-state index is 0.00201. The molecule has 0 aliphatic carbocycles. The van der Waals surface area contributed by atoms with Crippen LogP contribution in [-0.2, 0) is 20.9 Å². The van der Waals surface area contributed by atoms with E-state index in [4.69, 9.17) is 4.74 Å². The molecule has 0 bridgehead atoms. The SMILES string of the molecule is Cc1sc(-c2cc(C(F)(F)F)on2)cc1S(=O)(=O)NCC1CNCCO1. The average Bonchev–Trinajstić information content (AvgIpc) is 3.20. The predicted molar refractivity (Wildman–Crippen MR) is 87.4 cm³/mol. The van der Waals surface area contributed by atoms with Gasteiger partial charge in [0, 0.05) is 30.6 Å². The summed E-state index contributed by atoms with van der Waals surface area (Å²) in [5, 5.41) is 6.47. The maximum Gasteiger partial charge on any atom is 0.452 e. The van der Waals surface area contributed by atoms with E-state index in [1.165, 1.54) is 6.07 Å². The standard InChI is InChI=1S/C14H16F3N3O4S2/c1-8-12(26(21,22)19-7-9-6-18-2-3-23-9)5-11(25-8)10-4-13(24-20-10)14(15,16)17/h4-5,9,18-19H,2-3,6-7H2,1H3. The van der Waals surface area contributed by atoms with Gasteiger partial charge in [0.1, 0.15) is 5.69 Å². The molecule has 0 spiro atoms. The summed E-state index contributed by atoms with van der Waals surface area (Å²) in [6.45, 7) is 3.43. The molecule has 0 radical (unpaired) electrons. The highest BCUT2D eigenvalue weighted by Gasteiger charge is 2.36. The van der Waals surface area contributed by atoms with Crippen LogP contribution in [0.15, 0.2) is 21.6 Å². The van der Waals surface area contributed by atoms with Gasteiger partial charge in [-0.05, 0) is 13.0 Å². The number of aromatic nitrogens is 1. The molecule has 0 amide bonds. The Morgan fingerprint density at radius 1 is 1.42 bits per heavy atom. The van der Waals surface area contributed by atoms with Gasteiger partial charge in [-0.1, -0.05) is 5.16 Å². The number of halogens is 3. The Hall–Kier alpha value is -1.47. The first-order valence-electron chi connectivity index (χ1n) is 7.63. The van der Waals surface area contributed by atoms with Crippen molar-refractivity contribution in [3.05, 3.63) is 22.8 Å². The van der Waals surface area contributed by atoms with Gasteiger partial charge in [-0.2, -0.15) is 13.2 Å². The van der Waals surface area contributed by atoms with Gasteiger partial charge in [-0.15, -0.1) is 11.3 Å². The molecule has 1 fully saturated rings. The molecule has 2 aromatic rings. The van der Waals surface area contributed by atoms with Gasteiger partial charge < -0.3 is 14.6 Å². The van der Waals surface area contributed by atoms with E-state index in [2.05, 4.69) is 19.7 Å². The highest BCUT2D eigenvalue weighted by molar-refractivity contribution is 7.89. The Bertz CT molecular complexity index is 870. The fraction of sp³-hybridized carbons (Fsp3) is 0.500. The molecule has 3 heterocycles. The number of nitrogens with one attached hydrogen (secondary N) is 2. The first-order chi connectivity index (χ1) is 12.2. The minimum Gasteiger partial charge on any atom is -0.374 e. The summed E-state index contributed by atoms with van der Waals surface area (Å²) in [6.07, 6.45) is -4.93. The zero-order chi connectivity index (χ0) is 18.9. The first kappa shape index (κ1) is 19.3. The number of rotatable bonds is 5. The second-order valence-corrected chi connectivity index (χ2v) is 8.65. The van der Waals surface area contributed by atoms with Crippen molar-refractivity contribution in [1.82, 2.24) is 15.2 Å². The van der Waals surface area contributed by atoms with Gasteiger partial charge in [0.05, 0.1) is 22.5 Å². The third-order valence-electron chi connectivity index (χ3n) is 3.71. The number of nitrogens with zero attached hydrogens (tertiary/aromatic N) is 1. The van der Waals surface area contributed by atoms with Crippen LogP contribution in [-0.4, -0.2) is 45.9 Å². The number of sulfonamides is 1. The van der Waals surface area contributed by atoms with E-state index in [0.29, 0.717) is 24.6 Å². The first-order valence-corrected chi connectivity index (χ1v) is 9.93. The van der Waals surface area contributed by atoms with Gasteiger partial charge >= 0.3 is 6.18 Å². The van der Waals surface area contributed by atoms with E-state index >= 15 is 0 Å². The smallest absolute Gasteiger partial charge is 0.374 e. The van der Waals surface area contributed by atoms with Crippen LogP contribution in [0, 0.1) is 6.92 Å². The largest absolute Gasteiger partial charge is 0.452 e. The molecule has 12 heteroatoms. The topological polar surface area (TPSA) is 93.5 Å². The summed E-state index contributed by atoms with van der Waals surface area (Å²) < 4.78 is 75.0. The summed E-state index contributed by atoms with van der Waals surface area (Å²) in [7, 11) is -3.83. The summed E-state index contributed by atoms with van der Waals surface area (Å²) in [5.41, 5.74) is -0.0633. The maximum atomic E-state index is 12.6. The Balaban J connectivity index is 1.77. The van der Waals surface area contributed by atoms with Crippen molar-refractivity contribution >= 4 is 21.4 Å². The molecule has 0 aromatic carbocycles. The van der Waals surface area contributed by atoms with Gasteiger partial charge in [-0.25, -0.2) is 13.1 Å². The molecular formula is C14H16F3N3O4S2. The number of hydrogen-bond donors (Lipinski definition) is 2. The molecule has 1 saturated heterocycles. The molecule has 1 unspecified atom stereocenters. The van der Waals surface area contributed by atoms with Crippen LogP contribution in [0.25, 0.3) is 10.6 Å². The lowest BCUT2D eigenvalue weighted by atomic mass is 10.3. The lowest BCUT2D eigenvalue weighted by Crippen LogP contribution is -2.45. The number of alkyl halides is 3. The second kappa shape index (κ2) is 7.27. The van der Waals surface area contributed by atoms with Crippen molar-refractivity contribution in [3.8, 4) is 10.6 Å². The van der Waals surface area contributed by atoms with Crippen molar-refractivity contribution in [2.45, 2.75) is 24.1 Å². The zero-order valence-corrected chi connectivity index (χ0v) is 15.2. The van der Waals surface area contributed by atoms with Crippen LogP contribution in [0.4, 0.5) is 13.2 Å². The van der Waals surface area contributed by atoms with Crippen LogP contribution in [0.2, 0.25) is 0 Å². The molecule has 0 saturated carbocycles. The molecule has 26 heavy (non-hydrogen) atoms. The quantitative estimate of drug-likeness (QED) is 0.782. The average molecular weight is 411 g/mol. The zero-order valence-electron chi connectivity index (χ0n) is 13.6. The normalized spacial score (nSPS) is 19.0. The van der Waals surface area contributed by atoms with Crippen molar-refractivity contribution in [2.75, 3.05) is 26.2 Å². The number of morpholine rings is 1. The predicted octanol–water partition coefficient (Wildman–Crippen LogP) is 2.00. The molecule has 1 aliphatic heterocycles. The molecule has 1 aliphatic rings. The molecular weight excluding hydrogens is 395 g/mol. The van der Waals surface area contributed by atoms with Gasteiger partial charge in [0.2, 0.25) is 15.8 Å². The Labute approximate surface area is 151 Å². The van der Waals surface area contributed by atoms with Crippen LogP contribution in [0.5, 0.6) is 0 Å². The van der Waals surface area contributed by atoms with Crippen molar-refractivity contribution in [2.24, 2.45) is 0 Å². The van der Waals surface area contributed by atoms with Gasteiger partial charge in [0.15, 0.2) is 0 Å². The summed E-state index contributed by atoms with van der Waals surface area (Å²) >= 11 is 1.03. The second-order valence-electron chi connectivity index (χ2n) is 5.65. The highest BCUT2D eigenvalue weighted by atomic mass is 32.2. The summed E-state index contributed by atoms with van der Waals surface area (Å²) in [6, 6.07) is 2.04. The number of thiophene rings is 1. The van der Waals surface area contributed by atoms with Crippen LogP contribution < -0.4 is 10.0 Å². The van der Waals surface area contributed by atoms with Crippen molar-refractivity contribution < 1.29 is 30.8 Å². The van der Waals surface area contributed by atoms with Crippen LogP contribution in [0.3, 0.4) is 0 Å². The monoisotopic (exact) mass is 411 g/mol. The number of hydrogen-bond acceptors (Lipinski definition) is 7. The number of ether oxygens (including phenoxy) is 1. The molecule has 2 aromatic heterocycles. The van der Waals surface area contributed by atoms with Crippen molar-refractivity contribution in [1.29, 1.82) is 0 Å². The Morgan fingerprint density at radius 3 is 2.81 bits per heavy atom. The van der Waals surface area contributed by atoms with Crippen molar-refractivity contribution in [3.63, 3.8) is 0 Å². The lowest BCUT2D eigenvalue weighted by molar-refractivity contribution is -0.155. The Kier molecular flexibility index (Phi) is 5.40. The Morgan fingerprint density at radius 2 is 2.19 bits per heavy atom. The minimum atomic E-state index is -4.65. The van der Waals surface area contributed by atoms with Gasteiger partial charge in [-0.3, -0.25) is 0 Å². The van der Waals surface area contributed by atoms with Gasteiger partial charge in [0.25, 0.3) is 0 Å². The van der Waals surface area contributed by atoms with E-state index in [-0.39, 0.29) is 28.1 Å². The maximum absolute atomic E-state index is 12.6. The molecule has 2 N–H and O–H groups in total. The van der Waals surface area contributed by atoms with E-state index in [9.17, 15) is 21.6 Å². The third-order valence-corrected chi connectivity index (χ3v) is 6.46. The number of aryl methyl sites for hydroxylation is 1. The molecule has 144 valence electrons. The van der Waals surface area contributed by atoms with E-state index < -0.39 is 22.0 Å².